The van der Waals surface area contributed by atoms with Gasteiger partial charge in [-0.05, 0) is 40.8 Å². The van der Waals surface area contributed by atoms with Crippen LogP contribution in [-0.4, -0.2) is 9.97 Å². The van der Waals surface area contributed by atoms with E-state index in [1.165, 1.54) is 6.20 Å². The molecule has 0 aliphatic heterocycles. The largest absolute Gasteiger partial charge is 0.338 e. The van der Waals surface area contributed by atoms with Gasteiger partial charge in [0.15, 0.2) is 5.82 Å². The van der Waals surface area contributed by atoms with Crippen LogP contribution in [0.25, 0.3) is 0 Å². The van der Waals surface area contributed by atoms with Gasteiger partial charge in [-0.1, -0.05) is 23.2 Å². The molecule has 0 atom stereocenters. The van der Waals surface area contributed by atoms with Crippen LogP contribution < -0.4 is 16.6 Å². The number of hydrogen-bond donors (Lipinski definition) is 3. The number of rotatable bonds is 3. The number of nitrogens with one attached hydrogen (secondary N) is 2. The monoisotopic (exact) mass is 395 g/mol. The van der Waals surface area contributed by atoms with Gasteiger partial charge in [0.1, 0.15) is 5.02 Å². The fourth-order valence-electron chi connectivity index (χ4n) is 1.24. The molecular weight excluding hydrogens is 388 g/mol. The number of nitrogen functional groups attached to an aromatic ring is 1. The second-order valence-electron chi connectivity index (χ2n) is 3.28. The molecule has 5 nitrogen and oxygen atoms in total. The molecular formula is C10H8Cl2IN5. The topological polar surface area (TPSA) is 75.9 Å². The predicted octanol–water partition coefficient (Wildman–Crippen LogP) is 3.42. The first kappa shape index (κ1) is 13.6. The zero-order chi connectivity index (χ0) is 13.1. The number of halogens is 3. The van der Waals surface area contributed by atoms with Gasteiger partial charge in [-0.15, -0.1) is 0 Å². The second kappa shape index (κ2) is 5.87. The van der Waals surface area contributed by atoms with Crippen molar-refractivity contribution in [2.24, 2.45) is 5.84 Å². The summed E-state index contributed by atoms with van der Waals surface area (Å²) >= 11 is 14.3. The highest BCUT2D eigenvalue weighted by Gasteiger charge is 2.07. The Labute approximate surface area is 127 Å². The minimum Gasteiger partial charge on any atom is -0.338 e. The highest BCUT2D eigenvalue weighted by Crippen LogP contribution is 2.29. The summed E-state index contributed by atoms with van der Waals surface area (Å²) in [5, 5.41) is 3.99. The Morgan fingerprint density at radius 2 is 2.00 bits per heavy atom. The van der Waals surface area contributed by atoms with E-state index in [9.17, 15) is 0 Å². The molecule has 18 heavy (non-hydrogen) atoms. The molecule has 0 unspecified atom stereocenters. The van der Waals surface area contributed by atoms with Gasteiger partial charge in [0, 0.05) is 3.57 Å². The molecule has 2 rings (SSSR count). The molecule has 0 bridgehead atoms. The number of hydrazine groups is 1. The third-order valence-corrected chi connectivity index (χ3v) is 3.32. The van der Waals surface area contributed by atoms with E-state index in [1.807, 2.05) is 18.2 Å². The van der Waals surface area contributed by atoms with Gasteiger partial charge >= 0.3 is 0 Å². The number of hydrogen-bond acceptors (Lipinski definition) is 5. The summed E-state index contributed by atoms with van der Waals surface area (Å²) < 4.78 is 1.04. The summed E-state index contributed by atoms with van der Waals surface area (Å²) in [6.07, 6.45) is 1.45. The molecule has 0 saturated carbocycles. The van der Waals surface area contributed by atoms with Crippen molar-refractivity contribution in [3.8, 4) is 0 Å². The smallest absolute Gasteiger partial charge is 0.239 e. The minimum atomic E-state index is 0.267. The lowest BCUT2D eigenvalue weighted by Crippen LogP contribution is -2.11. The van der Waals surface area contributed by atoms with Crippen LogP contribution in [0.1, 0.15) is 0 Å². The average Bonchev–Trinajstić information content (AvgIpc) is 2.35. The molecule has 2 aromatic rings. The van der Waals surface area contributed by atoms with Crippen molar-refractivity contribution in [3.05, 3.63) is 38.0 Å². The van der Waals surface area contributed by atoms with Crippen molar-refractivity contribution >= 4 is 63.2 Å². The second-order valence-corrected chi connectivity index (χ2v) is 5.34. The zero-order valence-corrected chi connectivity index (χ0v) is 12.6. The van der Waals surface area contributed by atoms with Crippen LogP contribution in [0.5, 0.6) is 0 Å². The highest BCUT2D eigenvalue weighted by atomic mass is 127. The Hall–Kier alpha value is -0.830. The summed E-state index contributed by atoms with van der Waals surface area (Å²) in [4.78, 5) is 7.98. The van der Waals surface area contributed by atoms with Crippen LogP contribution in [0, 0.1) is 3.57 Å². The van der Waals surface area contributed by atoms with Gasteiger partial charge in [-0.25, -0.2) is 10.8 Å². The molecule has 0 spiro atoms. The number of nitrogens with zero attached hydrogens (tertiary/aromatic N) is 2. The summed E-state index contributed by atoms with van der Waals surface area (Å²) in [6, 6.07) is 5.60. The number of benzene rings is 1. The average molecular weight is 396 g/mol. The van der Waals surface area contributed by atoms with Crippen molar-refractivity contribution in [1.82, 2.24) is 9.97 Å². The van der Waals surface area contributed by atoms with E-state index in [1.54, 1.807) is 0 Å². The lowest BCUT2D eigenvalue weighted by molar-refractivity contribution is 1.12. The zero-order valence-electron chi connectivity index (χ0n) is 8.92. The predicted molar refractivity (Wildman–Crippen MR) is 82.3 cm³/mol. The lowest BCUT2D eigenvalue weighted by atomic mass is 10.3. The fourth-order valence-corrected chi connectivity index (χ4v) is 2.28. The third kappa shape index (κ3) is 3.14. The van der Waals surface area contributed by atoms with Crippen LogP contribution in [0.3, 0.4) is 0 Å². The van der Waals surface area contributed by atoms with Crippen LogP contribution in [0.15, 0.2) is 24.4 Å². The van der Waals surface area contributed by atoms with Crippen molar-refractivity contribution in [1.29, 1.82) is 0 Å². The quantitative estimate of drug-likeness (QED) is 0.421. The Morgan fingerprint density at radius 3 is 2.67 bits per heavy atom. The van der Waals surface area contributed by atoms with E-state index in [0.717, 1.165) is 3.57 Å². The first-order valence-electron chi connectivity index (χ1n) is 4.81. The highest BCUT2D eigenvalue weighted by molar-refractivity contribution is 14.1. The van der Waals surface area contributed by atoms with Gasteiger partial charge in [-0.3, -0.25) is 5.43 Å². The molecule has 0 radical (unpaired) electrons. The van der Waals surface area contributed by atoms with Crippen LogP contribution in [0.4, 0.5) is 17.5 Å². The lowest BCUT2D eigenvalue weighted by Gasteiger charge is -2.10. The van der Waals surface area contributed by atoms with Crippen LogP contribution >= 0.6 is 45.8 Å². The molecule has 4 N–H and O–H groups in total. The van der Waals surface area contributed by atoms with Gasteiger partial charge in [0.2, 0.25) is 5.95 Å². The van der Waals surface area contributed by atoms with Gasteiger partial charge < -0.3 is 5.32 Å². The first-order valence-corrected chi connectivity index (χ1v) is 6.65. The summed E-state index contributed by atoms with van der Waals surface area (Å²) in [7, 11) is 0. The number of nitrogens with two attached hydrogens (primary N) is 1. The molecule has 0 aliphatic carbocycles. The van der Waals surface area contributed by atoms with E-state index in [2.05, 4.69) is 43.3 Å². The maximum Gasteiger partial charge on any atom is 0.239 e. The van der Waals surface area contributed by atoms with Gasteiger partial charge in [0.25, 0.3) is 0 Å². The fraction of sp³-hybridized carbons (Fsp3) is 0. The summed E-state index contributed by atoms with van der Waals surface area (Å²) in [5.74, 6) is 5.94. The molecule has 0 amide bonds. The maximum absolute atomic E-state index is 6.11. The number of aromatic nitrogens is 2. The van der Waals surface area contributed by atoms with E-state index in [0.29, 0.717) is 21.6 Å². The Bertz CT molecular complexity index is 578. The van der Waals surface area contributed by atoms with E-state index in [4.69, 9.17) is 29.0 Å². The van der Waals surface area contributed by atoms with Crippen molar-refractivity contribution in [3.63, 3.8) is 0 Å². The molecule has 8 heteroatoms. The Balaban J connectivity index is 2.33. The van der Waals surface area contributed by atoms with Gasteiger partial charge in [-0.2, -0.15) is 4.98 Å². The van der Waals surface area contributed by atoms with E-state index in [-0.39, 0.29) is 5.95 Å². The van der Waals surface area contributed by atoms with Crippen molar-refractivity contribution in [2.75, 3.05) is 10.7 Å². The van der Waals surface area contributed by atoms with E-state index < -0.39 is 0 Å². The standard InChI is InChI=1S/C10H8Cl2IN5/c11-6-3-5(13)1-2-8(6)16-9-7(12)4-15-10(17-9)18-14/h1-4H,14H2,(H2,15,16,17,18). The molecule has 0 fully saturated rings. The number of anilines is 3. The van der Waals surface area contributed by atoms with E-state index >= 15 is 0 Å². The molecule has 0 aliphatic rings. The van der Waals surface area contributed by atoms with Crippen LogP contribution in [-0.2, 0) is 0 Å². The summed E-state index contributed by atoms with van der Waals surface area (Å²) in [5.41, 5.74) is 3.06. The third-order valence-electron chi connectivity index (χ3n) is 2.06. The van der Waals surface area contributed by atoms with Crippen molar-refractivity contribution in [2.45, 2.75) is 0 Å². The van der Waals surface area contributed by atoms with Crippen molar-refractivity contribution < 1.29 is 0 Å². The molecule has 1 aromatic heterocycles. The Kier molecular flexibility index (Phi) is 4.44. The molecule has 94 valence electrons. The minimum absolute atomic E-state index is 0.267. The molecule has 1 heterocycles. The van der Waals surface area contributed by atoms with Gasteiger partial charge in [0.05, 0.1) is 16.9 Å². The summed E-state index contributed by atoms with van der Waals surface area (Å²) in [6.45, 7) is 0. The van der Waals surface area contributed by atoms with Crippen LogP contribution in [0.2, 0.25) is 10.0 Å². The Morgan fingerprint density at radius 1 is 1.22 bits per heavy atom. The first-order chi connectivity index (χ1) is 8.60. The molecule has 0 saturated heterocycles. The maximum atomic E-state index is 6.11. The SMILES string of the molecule is NNc1ncc(Cl)c(Nc2ccc(I)cc2Cl)n1. The normalized spacial score (nSPS) is 10.2. The molecule has 1 aromatic carbocycles.